The molecule has 0 bridgehead atoms. The summed E-state index contributed by atoms with van der Waals surface area (Å²) in [5.41, 5.74) is 0. The number of carbonyl (C=O) groups excluding carboxylic acids is 1. The Labute approximate surface area is 78.7 Å². The van der Waals surface area contributed by atoms with Crippen molar-refractivity contribution in [3.8, 4) is 0 Å². The number of nitrogens with one attached hydrogen (secondary N) is 1. The minimum atomic E-state index is 0.155. The maximum absolute atomic E-state index is 11.2. The zero-order chi connectivity index (χ0) is 9.14. The molecule has 2 nitrogen and oxygen atoms in total. The van der Waals surface area contributed by atoms with E-state index in [9.17, 15) is 4.79 Å². The van der Waals surface area contributed by atoms with Crippen LogP contribution in [0.3, 0.4) is 0 Å². The summed E-state index contributed by atoms with van der Waals surface area (Å²) in [5, 5.41) is 3.04. The first-order chi connectivity index (χ1) is 5.61. The molecule has 0 heterocycles. The van der Waals surface area contributed by atoms with Crippen LogP contribution in [0.1, 0.15) is 26.7 Å². The third-order valence-electron chi connectivity index (χ3n) is 2.29. The van der Waals surface area contributed by atoms with Gasteiger partial charge in [0.2, 0.25) is 5.91 Å². The number of alkyl halides is 1. The molecule has 0 spiro atoms. The summed E-state index contributed by atoms with van der Waals surface area (Å²) < 4.78 is 0. The van der Waals surface area contributed by atoms with Crippen molar-refractivity contribution in [1.82, 2.24) is 5.32 Å². The van der Waals surface area contributed by atoms with Crippen molar-refractivity contribution in [3.63, 3.8) is 0 Å². The summed E-state index contributed by atoms with van der Waals surface area (Å²) in [5.74, 6) is 1.09. The molecule has 1 aliphatic rings. The van der Waals surface area contributed by atoms with Crippen LogP contribution in [0.5, 0.6) is 0 Å². The average Bonchev–Trinajstić information content (AvgIpc) is 2.66. The van der Waals surface area contributed by atoms with E-state index in [2.05, 4.69) is 12.2 Å². The summed E-state index contributed by atoms with van der Waals surface area (Å²) >= 11 is 5.73. The van der Waals surface area contributed by atoms with Crippen LogP contribution in [0.25, 0.3) is 0 Å². The fourth-order valence-electron chi connectivity index (χ4n) is 1.21. The molecule has 0 aromatic rings. The molecule has 0 radical (unpaired) electrons. The molecule has 1 fully saturated rings. The Kier molecular flexibility index (Phi) is 3.39. The second-order valence-electron chi connectivity index (χ2n) is 3.68. The van der Waals surface area contributed by atoms with E-state index in [1.54, 1.807) is 0 Å². The molecule has 12 heavy (non-hydrogen) atoms. The number of rotatable bonds is 4. The molecule has 1 N–H and O–H groups in total. The van der Waals surface area contributed by atoms with Gasteiger partial charge in [0.15, 0.2) is 0 Å². The normalized spacial score (nSPS) is 29.6. The average molecular weight is 190 g/mol. The van der Waals surface area contributed by atoms with Gasteiger partial charge in [-0.05, 0) is 25.7 Å². The molecule has 1 rings (SSSR count). The molecular weight excluding hydrogens is 174 g/mol. The molecule has 1 saturated carbocycles. The Balaban J connectivity index is 2.03. The van der Waals surface area contributed by atoms with E-state index in [4.69, 9.17) is 11.6 Å². The first kappa shape index (κ1) is 9.85. The summed E-state index contributed by atoms with van der Waals surface area (Å²) in [4.78, 5) is 11.2. The maximum atomic E-state index is 11.2. The lowest BCUT2D eigenvalue weighted by atomic mass is 10.3. The fraction of sp³-hybridized carbons (Fsp3) is 0.889. The molecule has 0 saturated heterocycles. The Bertz CT molecular complexity index is 170. The van der Waals surface area contributed by atoms with E-state index >= 15 is 0 Å². The van der Waals surface area contributed by atoms with E-state index < -0.39 is 0 Å². The van der Waals surface area contributed by atoms with Crippen LogP contribution in [-0.4, -0.2) is 17.8 Å². The standard InChI is InChI=1S/C9H16ClNO/c1-6-5-8(6)9(12)11-4-3-7(2)10/h6-8H,3-5H2,1-2H3,(H,11,12). The maximum Gasteiger partial charge on any atom is 0.223 e. The van der Waals surface area contributed by atoms with Gasteiger partial charge in [0, 0.05) is 17.8 Å². The zero-order valence-corrected chi connectivity index (χ0v) is 8.40. The van der Waals surface area contributed by atoms with Crippen LogP contribution in [0.2, 0.25) is 0 Å². The minimum Gasteiger partial charge on any atom is -0.356 e. The van der Waals surface area contributed by atoms with Gasteiger partial charge in [-0.25, -0.2) is 0 Å². The fourth-order valence-corrected chi connectivity index (χ4v) is 1.32. The van der Waals surface area contributed by atoms with Gasteiger partial charge in [-0.1, -0.05) is 6.92 Å². The van der Waals surface area contributed by atoms with Crippen molar-refractivity contribution in [2.45, 2.75) is 32.1 Å². The molecule has 0 aliphatic heterocycles. The molecule has 1 amide bonds. The smallest absolute Gasteiger partial charge is 0.223 e. The Hall–Kier alpha value is -0.240. The van der Waals surface area contributed by atoms with Crippen molar-refractivity contribution in [2.75, 3.05) is 6.54 Å². The van der Waals surface area contributed by atoms with E-state index in [1.165, 1.54) is 0 Å². The second kappa shape index (κ2) is 4.13. The molecule has 1 aliphatic carbocycles. The number of halogens is 1. The highest BCUT2D eigenvalue weighted by atomic mass is 35.5. The van der Waals surface area contributed by atoms with Gasteiger partial charge in [-0.15, -0.1) is 11.6 Å². The van der Waals surface area contributed by atoms with E-state index in [0.717, 1.165) is 12.8 Å². The third-order valence-corrected chi connectivity index (χ3v) is 2.51. The predicted molar refractivity (Wildman–Crippen MR) is 50.2 cm³/mol. The molecule has 0 aromatic carbocycles. The number of hydrogen-bond donors (Lipinski definition) is 1. The monoisotopic (exact) mass is 189 g/mol. The molecular formula is C9H16ClNO. The lowest BCUT2D eigenvalue weighted by molar-refractivity contribution is -0.122. The van der Waals surface area contributed by atoms with Gasteiger partial charge >= 0.3 is 0 Å². The van der Waals surface area contributed by atoms with E-state index in [-0.39, 0.29) is 17.2 Å². The molecule has 0 aromatic heterocycles. The minimum absolute atomic E-state index is 0.155. The van der Waals surface area contributed by atoms with Crippen LogP contribution in [0.15, 0.2) is 0 Å². The summed E-state index contributed by atoms with van der Waals surface area (Å²) in [6.45, 7) is 4.76. The summed E-state index contributed by atoms with van der Waals surface area (Å²) in [6.07, 6.45) is 1.91. The topological polar surface area (TPSA) is 29.1 Å². The largest absolute Gasteiger partial charge is 0.356 e. The lowest BCUT2D eigenvalue weighted by Gasteiger charge is -2.04. The van der Waals surface area contributed by atoms with Crippen LogP contribution in [0, 0.1) is 11.8 Å². The Morgan fingerprint density at radius 1 is 1.75 bits per heavy atom. The number of hydrogen-bond acceptors (Lipinski definition) is 1. The van der Waals surface area contributed by atoms with Crippen LogP contribution in [-0.2, 0) is 4.79 Å². The molecule has 3 atom stereocenters. The highest BCUT2D eigenvalue weighted by Crippen LogP contribution is 2.37. The van der Waals surface area contributed by atoms with Crippen molar-refractivity contribution in [3.05, 3.63) is 0 Å². The van der Waals surface area contributed by atoms with Gasteiger partial charge in [0.05, 0.1) is 0 Å². The summed E-state index contributed by atoms with van der Waals surface area (Å²) in [7, 11) is 0. The second-order valence-corrected chi connectivity index (χ2v) is 4.42. The predicted octanol–water partition coefficient (Wildman–Crippen LogP) is 1.78. The van der Waals surface area contributed by atoms with Crippen molar-refractivity contribution >= 4 is 17.5 Å². The first-order valence-electron chi connectivity index (χ1n) is 4.53. The van der Waals surface area contributed by atoms with Crippen molar-refractivity contribution < 1.29 is 4.79 Å². The van der Waals surface area contributed by atoms with Crippen molar-refractivity contribution in [2.24, 2.45) is 11.8 Å². The highest BCUT2D eigenvalue weighted by molar-refractivity contribution is 6.20. The van der Waals surface area contributed by atoms with Crippen molar-refractivity contribution in [1.29, 1.82) is 0 Å². The van der Waals surface area contributed by atoms with Gasteiger partial charge in [0.25, 0.3) is 0 Å². The third kappa shape index (κ3) is 3.02. The highest BCUT2D eigenvalue weighted by Gasteiger charge is 2.38. The SMILES string of the molecule is CC(Cl)CCNC(=O)C1CC1C. The first-order valence-corrected chi connectivity index (χ1v) is 4.96. The van der Waals surface area contributed by atoms with Gasteiger partial charge in [0.1, 0.15) is 0 Å². The molecule has 70 valence electrons. The Morgan fingerprint density at radius 2 is 2.33 bits per heavy atom. The number of amides is 1. The lowest BCUT2D eigenvalue weighted by Crippen LogP contribution is -2.27. The van der Waals surface area contributed by atoms with E-state index in [0.29, 0.717) is 12.5 Å². The van der Waals surface area contributed by atoms with E-state index in [1.807, 2.05) is 6.92 Å². The zero-order valence-electron chi connectivity index (χ0n) is 7.64. The van der Waals surface area contributed by atoms with Crippen LogP contribution in [0.4, 0.5) is 0 Å². The van der Waals surface area contributed by atoms with Gasteiger partial charge in [-0.3, -0.25) is 4.79 Å². The van der Waals surface area contributed by atoms with Gasteiger partial charge < -0.3 is 5.32 Å². The van der Waals surface area contributed by atoms with Crippen LogP contribution < -0.4 is 5.32 Å². The quantitative estimate of drug-likeness (QED) is 0.672. The molecule has 3 unspecified atom stereocenters. The Morgan fingerprint density at radius 3 is 2.75 bits per heavy atom. The van der Waals surface area contributed by atoms with Gasteiger partial charge in [-0.2, -0.15) is 0 Å². The molecule has 3 heteroatoms. The summed E-state index contributed by atoms with van der Waals surface area (Å²) in [6, 6.07) is 0. The van der Waals surface area contributed by atoms with Crippen LogP contribution >= 0.6 is 11.6 Å². The number of carbonyl (C=O) groups is 1.